The lowest BCUT2D eigenvalue weighted by molar-refractivity contribution is -0.109. The van der Waals surface area contributed by atoms with Crippen LogP contribution in [0.15, 0.2) is 76.7 Å². The molecule has 2 aromatic rings. The largest absolute Gasteiger partial charge is 0.349 e. The van der Waals surface area contributed by atoms with E-state index in [1.54, 1.807) is 11.8 Å². The Bertz CT molecular complexity index is 763. The molecule has 0 saturated carbocycles. The molecule has 0 spiro atoms. The molecule has 24 heavy (non-hydrogen) atoms. The van der Waals surface area contributed by atoms with Crippen molar-refractivity contribution in [3.05, 3.63) is 82.2 Å². The summed E-state index contributed by atoms with van der Waals surface area (Å²) in [7, 11) is 0. The Balaban J connectivity index is 1.94. The lowest BCUT2D eigenvalue weighted by Gasteiger charge is -2.08. The predicted octanol–water partition coefficient (Wildman–Crippen LogP) is 5.86. The van der Waals surface area contributed by atoms with Crippen molar-refractivity contribution in [2.75, 3.05) is 5.32 Å². The first-order valence-electron chi connectivity index (χ1n) is 8.34. The van der Waals surface area contributed by atoms with Gasteiger partial charge in [-0.15, -0.1) is 0 Å². The minimum Gasteiger partial charge on any atom is -0.349 e. The van der Waals surface area contributed by atoms with Crippen molar-refractivity contribution < 1.29 is 4.79 Å². The molecular weight excluding hydrogens is 314 g/mol. The van der Waals surface area contributed by atoms with Gasteiger partial charge in [0.15, 0.2) is 0 Å². The van der Waals surface area contributed by atoms with Crippen LogP contribution in [0.25, 0.3) is 5.57 Å². The van der Waals surface area contributed by atoms with Crippen molar-refractivity contribution in [1.82, 2.24) is 0 Å². The van der Waals surface area contributed by atoms with E-state index in [0.29, 0.717) is 0 Å². The first-order valence-corrected chi connectivity index (χ1v) is 9.15. The fourth-order valence-corrected chi connectivity index (χ4v) is 3.71. The molecule has 0 radical (unpaired) electrons. The standard InChI is InChI=1S/C21H21NOS/c1-2-3-6-15-18-20(23)19(16-11-7-4-8-12-16)21(24-18)22-17-13-9-5-10-14-17/h4-5,7-15,22H,2-3,6H2,1H3/b18-15-. The van der Waals surface area contributed by atoms with E-state index < -0.39 is 0 Å². The van der Waals surface area contributed by atoms with Crippen LogP contribution in [-0.4, -0.2) is 5.78 Å². The summed E-state index contributed by atoms with van der Waals surface area (Å²) in [5.41, 5.74) is 2.73. The van der Waals surface area contributed by atoms with Gasteiger partial charge in [-0.2, -0.15) is 0 Å². The summed E-state index contributed by atoms with van der Waals surface area (Å²) in [4.78, 5) is 13.7. The average Bonchev–Trinajstić information content (AvgIpc) is 2.92. The van der Waals surface area contributed by atoms with Gasteiger partial charge in [0.05, 0.1) is 15.5 Å². The molecule has 0 amide bonds. The number of rotatable bonds is 6. The predicted molar refractivity (Wildman–Crippen MR) is 104 cm³/mol. The van der Waals surface area contributed by atoms with Gasteiger partial charge in [-0.25, -0.2) is 0 Å². The number of hydrogen-bond donors (Lipinski definition) is 1. The van der Waals surface area contributed by atoms with Crippen LogP contribution >= 0.6 is 11.8 Å². The van der Waals surface area contributed by atoms with E-state index >= 15 is 0 Å². The second kappa shape index (κ2) is 8.02. The average molecular weight is 335 g/mol. The van der Waals surface area contributed by atoms with E-state index in [0.717, 1.165) is 46.0 Å². The van der Waals surface area contributed by atoms with Crippen molar-refractivity contribution in [3.63, 3.8) is 0 Å². The van der Waals surface area contributed by atoms with Gasteiger partial charge in [-0.05, 0) is 24.1 Å². The minimum absolute atomic E-state index is 0.126. The van der Waals surface area contributed by atoms with Gasteiger partial charge in [0.25, 0.3) is 0 Å². The minimum atomic E-state index is 0.126. The molecule has 0 atom stereocenters. The molecule has 2 aromatic carbocycles. The zero-order chi connectivity index (χ0) is 16.8. The molecule has 0 fully saturated rings. The topological polar surface area (TPSA) is 29.1 Å². The zero-order valence-electron chi connectivity index (χ0n) is 13.8. The van der Waals surface area contributed by atoms with Crippen molar-refractivity contribution in [1.29, 1.82) is 0 Å². The molecule has 3 rings (SSSR count). The lowest BCUT2D eigenvalue weighted by Crippen LogP contribution is -2.01. The van der Waals surface area contributed by atoms with Crippen LogP contribution in [0.3, 0.4) is 0 Å². The first kappa shape index (κ1) is 16.6. The van der Waals surface area contributed by atoms with Crippen molar-refractivity contribution in [2.24, 2.45) is 0 Å². The Hall–Kier alpha value is -2.26. The van der Waals surface area contributed by atoms with Gasteiger partial charge < -0.3 is 5.32 Å². The van der Waals surface area contributed by atoms with Crippen molar-refractivity contribution in [2.45, 2.75) is 26.2 Å². The molecule has 1 heterocycles. The third kappa shape index (κ3) is 3.80. The number of nitrogens with one attached hydrogen (secondary N) is 1. The van der Waals surface area contributed by atoms with Gasteiger partial charge in [-0.1, -0.05) is 86.1 Å². The second-order valence-electron chi connectivity index (χ2n) is 5.70. The van der Waals surface area contributed by atoms with Crippen LogP contribution in [0.5, 0.6) is 0 Å². The third-order valence-corrected chi connectivity index (χ3v) is 4.95. The molecule has 0 bridgehead atoms. The van der Waals surface area contributed by atoms with E-state index in [1.165, 1.54) is 0 Å². The van der Waals surface area contributed by atoms with E-state index in [4.69, 9.17) is 0 Å². The van der Waals surface area contributed by atoms with Crippen LogP contribution in [-0.2, 0) is 4.79 Å². The monoisotopic (exact) mass is 335 g/mol. The molecule has 1 aliphatic heterocycles. The number of Topliss-reactive ketones (excluding diaryl/α,β-unsaturated/α-hetero) is 1. The molecule has 0 unspecified atom stereocenters. The normalized spacial score (nSPS) is 16.0. The first-order chi connectivity index (χ1) is 11.8. The van der Waals surface area contributed by atoms with Crippen LogP contribution < -0.4 is 5.32 Å². The Labute approximate surface area is 147 Å². The fraction of sp³-hybridized carbons (Fsp3) is 0.190. The number of unbranched alkanes of at least 4 members (excludes halogenated alkanes) is 2. The van der Waals surface area contributed by atoms with Crippen LogP contribution in [0.1, 0.15) is 31.7 Å². The molecule has 2 nitrogen and oxygen atoms in total. The highest BCUT2D eigenvalue weighted by atomic mass is 32.2. The highest BCUT2D eigenvalue weighted by Crippen LogP contribution is 2.43. The number of benzene rings is 2. The SMILES string of the molecule is CCCC/C=C1\SC(Nc2ccccc2)=C(c2ccccc2)C1=O. The summed E-state index contributed by atoms with van der Waals surface area (Å²) >= 11 is 1.55. The smallest absolute Gasteiger partial charge is 0.202 e. The number of ketones is 1. The highest BCUT2D eigenvalue weighted by Gasteiger charge is 2.30. The molecule has 0 saturated heterocycles. The number of hydrogen-bond acceptors (Lipinski definition) is 3. The molecule has 1 N–H and O–H groups in total. The van der Waals surface area contributed by atoms with Crippen LogP contribution in [0.4, 0.5) is 5.69 Å². The summed E-state index contributed by atoms with van der Waals surface area (Å²) in [5.74, 6) is 0.126. The van der Waals surface area contributed by atoms with Crippen molar-refractivity contribution in [3.8, 4) is 0 Å². The van der Waals surface area contributed by atoms with E-state index in [2.05, 4.69) is 18.3 Å². The molecule has 1 aliphatic rings. The maximum absolute atomic E-state index is 12.9. The van der Waals surface area contributed by atoms with Gasteiger partial charge in [0, 0.05) is 5.69 Å². The number of para-hydroxylation sites is 1. The Kier molecular flexibility index (Phi) is 5.55. The lowest BCUT2D eigenvalue weighted by atomic mass is 10.0. The maximum Gasteiger partial charge on any atom is 0.202 e. The molecule has 3 heteroatoms. The summed E-state index contributed by atoms with van der Waals surface area (Å²) in [5, 5.41) is 4.34. The zero-order valence-corrected chi connectivity index (χ0v) is 14.6. The van der Waals surface area contributed by atoms with Gasteiger partial charge in [0.1, 0.15) is 0 Å². The summed E-state index contributed by atoms with van der Waals surface area (Å²) in [6.07, 6.45) is 5.28. The number of allylic oxidation sites excluding steroid dienone is 3. The Morgan fingerprint density at radius 2 is 1.67 bits per heavy atom. The summed E-state index contributed by atoms with van der Waals surface area (Å²) < 4.78 is 0. The second-order valence-corrected chi connectivity index (χ2v) is 6.76. The number of anilines is 1. The van der Waals surface area contributed by atoms with Crippen molar-refractivity contribution >= 4 is 28.8 Å². The molecule has 122 valence electrons. The molecular formula is C21H21NOS. The number of thioether (sulfide) groups is 1. The number of carbonyl (C=O) groups is 1. The number of carbonyl (C=O) groups excluding carboxylic acids is 1. The van der Waals surface area contributed by atoms with Gasteiger partial charge in [0.2, 0.25) is 5.78 Å². The molecule has 0 aliphatic carbocycles. The van der Waals surface area contributed by atoms with E-state index in [-0.39, 0.29) is 5.78 Å². The fourth-order valence-electron chi connectivity index (χ4n) is 2.61. The van der Waals surface area contributed by atoms with Crippen LogP contribution in [0, 0.1) is 0 Å². The summed E-state index contributed by atoms with van der Waals surface area (Å²) in [6.45, 7) is 2.16. The van der Waals surface area contributed by atoms with Gasteiger partial charge >= 0.3 is 0 Å². The maximum atomic E-state index is 12.9. The van der Waals surface area contributed by atoms with Crippen LogP contribution in [0.2, 0.25) is 0 Å². The quantitative estimate of drug-likeness (QED) is 0.530. The van der Waals surface area contributed by atoms with Gasteiger partial charge in [-0.3, -0.25) is 4.79 Å². The highest BCUT2D eigenvalue weighted by molar-refractivity contribution is 8.08. The molecule has 0 aromatic heterocycles. The Morgan fingerprint density at radius 1 is 1.00 bits per heavy atom. The summed E-state index contributed by atoms with van der Waals surface area (Å²) in [6, 6.07) is 19.9. The Morgan fingerprint density at radius 3 is 2.33 bits per heavy atom. The van der Waals surface area contributed by atoms with E-state index in [9.17, 15) is 4.79 Å². The van der Waals surface area contributed by atoms with E-state index in [1.807, 2.05) is 60.7 Å². The third-order valence-electron chi connectivity index (χ3n) is 3.87.